The first-order valence-electron chi connectivity index (χ1n) is 10.0. The average molecular weight is 422 g/mol. The Hall–Kier alpha value is -3.29. The van der Waals surface area contributed by atoms with E-state index in [1.807, 2.05) is 36.4 Å². The van der Waals surface area contributed by atoms with Crippen molar-refractivity contribution in [2.75, 3.05) is 13.2 Å². The summed E-state index contributed by atoms with van der Waals surface area (Å²) in [6, 6.07) is 17.3. The molecule has 1 aliphatic rings. The number of nitrogens with zero attached hydrogens (tertiary/aromatic N) is 1. The summed E-state index contributed by atoms with van der Waals surface area (Å²) < 4.78 is 18.6. The van der Waals surface area contributed by atoms with Gasteiger partial charge in [-0.3, -0.25) is 4.98 Å². The van der Waals surface area contributed by atoms with E-state index in [0.29, 0.717) is 5.56 Å². The van der Waals surface area contributed by atoms with Crippen molar-refractivity contribution >= 4 is 6.09 Å². The Morgan fingerprint density at radius 3 is 2.35 bits per heavy atom. The number of halogens is 1. The summed E-state index contributed by atoms with van der Waals surface area (Å²) in [6.07, 6.45) is -2.42. The average Bonchev–Trinajstić information content (AvgIpc) is 3.09. The molecule has 0 bridgehead atoms. The minimum absolute atomic E-state index is 0.0697. The van der Waals surface area contributed by atoms with E-state index in [2.05, 4.69) is 22.4 Å². The molecule has 1 aliphatic carbocycles. The number of rotatable bonds is 6. The van der Waals surface area contributed by atoms with Crippen molar-refractivity contribution in [3.05, 3.63) is 89.0 Å². The summed E-state index contributed by atoms with van der Waals surface area (Å²) >= 11 is 0. The van der Waals surface area contributed by atoms with E-state index in [1.54, 1.807) is 6.92 Å². The maximum Gasteiger partial charge on any atom is 0.407 e. The molecule has 0 fully saturated rings. The smallest absolute Gasteiger partial charge is 0.407 e. The third-order valence-electron chi connectivity index (χ3n) is 5.53. The number of aryl methyl sites for hydroxylation is 1. The van der Waals surface area contributed by atoms with Crippen molar-refractivity contribution in [3.63, 3.8) is 0 Å². The number of aromatic nitrogens is 1. The molecule has 1 aromatic heterocycles. The van der Waals surface area contributed by atoms with E-state index in [4.69, 9.17) is 4.74 Å². The van der Waals surface area contributed by atoms with Crippen LogP contribution in [-0.4, -0.2) is 40.5 Å². The highest BCUT2D eigenvalue weighted by molar-refractivity contribution is 5.79. The number of aliphatic hydroxyl groups excluding tert-OH is 2. The molecular weight excluding hydrogens is 399 g/mol. The van der Waals surface area contributed by atoms with Crippen LogP contribution in [0.5, 0.6) is 0 Å². The van der Waals surface area contributed by atoms with E-state index in [0.717, 1.165) is 28.5 Å². The van der Waals surface area contributed by atoms with Gasteiger partial charge in [-0.15, -0.1) is 0 Å². The Morgan fingerprint density at radius 2 is 1.74 bits per heavy atom. The van der Waals surface area contributed by atoms with Crippen molar-refractivity contribution in [2.45, 2.75) is 25.0 Å². The summed E-state index contributed by atoms with van der Waals surface area (Å²) in [7, 11) is 0. The van der Waals surface area contributed by atoms with Gasteiger partial charge in [0.15, 0.2) is 0 Å². The minimum Gasteiger partial charge on any atom is -0.449 e. The van der Waals surface area contributed by atoms with Crippen LogP contribution in [0.25, 0.3) is 11.1 Å². The molecule has 31 heavy (non-hydrogen) atoms. The number of fused-ring (bicyclic) bond motifs is 3. The summed E-state index contributed by atoms with van der Waals surface area (Å²) in [6.45, 7) is 1.49. The lowest BCUT2D eigenvalue weighted by Gasteiger charge is -2.20. The fourth-order valence-corrected chi connectivity index (χ4v) is 3.99. The van der Waals surface area contributed by atoms with Crippen LogP contribution in [0.1, 0.15) is 34.4 Å². The number of alkyl carbamates (subject to hydrolysis) is 1. The number of amides is 1. The number of aliphatic hydroxyl groups is 2. The van der Waals surface area contributed by atoms with Crippen LogP contribution in [-0.2, 0) is 4.74 Å². The number of hydrogen-bond acceptors (Lipinski definition) is 5. The Balaban J connectivity index is 1.35. The number of carbonyl (C=O) groups is 1. The van der Waals surface area contributed by atoms with Crippen LogP contribution in [0, 0.1) is 12.7 Å². The monoisotopic (exact) mass is 422 g/mol. The van der Waals surface area contributed by atoms with Crippen LogP contribution in [0.3, 0.4) is 0 Å². The molecule has 2 aromatic carbocycles. The Bertz CT molecular complexity index is 1060. The zero-order valence-corrected chi connectivity index (χ0v) is 17.0. The van der Waals surface area contributed by atoms with Gasteiger partial charge >= 0.3 is 6.09 Å². The van der Waals surface area contributed by atoms with Gasteiger partial charge in [0.05, 0.1) is 11.9 Å². The largest absolute Gasteiger partial charge is 0.449 e. The summed E-state index contributed by atoms with van der Waals surface area (Å²) in [5.41, 5.74) is 5.03. The van der Waals surface area contributed by atoms with E-state index in [9.17, 15) is 19.4 Å². The van der Waals surface area contributed by atoms with Gasteiger partial charge in [0.2, 0.25) is 0 Å². The Labute approximate surface area is 179 Å². The van der Waals surface area contributed by atoms with Crippen molar-refractivity contribution in [2.24, 2.45) is 0 Å². The van der Waals surface area contributed by atoms with E-state index in [-0.39, 0.29) is 24.8 Å². The van der Waals surface area contributed by atoms with Gasteiger partial charge in [-0.2, -0.15) is 0 Å². The molecule has 0 aliphatic heterocycles. The van der Waals surface area contributed by atoms with Crippen LogP contribution < -0.4 is 5.32 Å². The molecule has 3 aromatic rings. The number of nitrogens with one attached hydrogen (secondary N) is 1. The Kier molecular flexibility index (Phi) is 5.97. The maximum absolute atomic E-state index is 13.2. The molecule has 0 spiro atoms. The lowest BCUT2D eigenvalue weighted by atomic mass is 9.98. The fourth-order valence-electron chi connectivity index (χ4n) is 3.99. The fraction of sp³-hybridized carbons (Fsp3) is 0.250. The summed E-state index contributed by atoms with van der Waals surface area (Å²) in [5.74, 6) is -0.598. The summed E-state index contributed by atoms with van der Waals surface area (Å²) in [5, 5.41) is 22.9. The molecule has 2 unspecified atom stereocenters. The zero-order chi connectivity index (χ0) is 22.0. The SMILES string of the molecule is Cc1cc(F)cnc1C(O)C(O)CNC(=O)OCC1c2ccccc2-c2ccccc21. The highest BCUT2D eigenvalue weighted by Crippen LogP contribution is 2.44. The zero-order valence-electron chi connectivity index (χ0n) is 17.0. The molecule has 1 heterocycles. The number of benzene rings is 2. The van der Waals surface area contributed by atoms with Crippen molar-refractivity contribution in [1.82, 2.24) is 10.3 Å². The quantitative estimate of drug-likeness (QED) is 0.566. The molecule has 0 radical (unpaired) electrons. The van der Waals surface area contributed by atoms with Crippen molar-refractivity contribution in [3.8, 4) is 11.1 Å². The highest BCUT2D eigenvalue weighted by Gasteiger charge is 2.29. The number of carbonyl (C=O) groups excluding carboxylic acids is 1. The highest BCUT2D eigenvalue weighted by atomic mass is 19.1. The molecule has 4 rings (SSSR count). The Morgan fingerprint density at radius 1 is 1.13 bits per heavy atom. The van der Waals surface area contributed by atoms with Crippen LogP contribution in [0.4, 0.5) is 9.18 Å². The first kappa shape index (κ1) is 21.0. The van der Waals surface area contributed by atoms with Gasteiger partial charge in [0, 0.05) is 12.5 Å². The third kappa shape index (κ3) is 4.28. The lowest BCUT2D eigenvalue weighted by molar-refractivity contribution is 0.0156. The molecule has 2 atom stereocenters. The van der Waals surface area contributed by atoms with Gasteiger partial charge < -0.3 is 20.3 Å². The second kappa shape index (κ2) is 8.83. The minimum atomic E-state index is -1.37. The van der Waals surface area contributed by atoms with Crippen molar-refractivity contribution in [1.29, 1.82) is 0 Å². The van der Waals surface area contributed by atoms with Gasteiger partial charge in [-0.25, -0.2) is 9.18 Å². The molecule has 1 amide bonds. The van der Waals surface area contributed by atoms with Crippen LogP contribution >= 0.6 is 0 Å². The topological polar surface area (TPSA) is 91.7 Å². The van der Waals surface area contributed by atoms with Crippen LogP contribution in [0.2, 0.25) is 0 Å². The molecular formula is C24H23FN2O4. The number of hydrogen-bond donors (Lipinski definition) is 3. The standard InChI is InChI=1S/C24H23FN2O4/c1-14-10-15(25)11-26-22(14)23(29)21(28)12-27-24(30)31-13-20-18-8-4-2-6-16(18)17-7-3-5-9-19(17)20/h2-11,20-21,23,28-29H,12-13H2,1H3,(H,27,30). The third-order valence-corrected chi connectivity index (χ3v) is 5.53. The second-order valence-electron chi connectivity index (χ2n) is 7.57. The molecule has 0 saturated heterocycles. The molecule has 160 valence electrons. The molecule has 6 nitrogen and oxygen atoms in total. The lowest BCUT2D eigenvalue weighted by Crippen LogP contribution is -2.36. The first-order valence-corrected chi connectivity index (χ1v) is 10.0. The number of ether oxygens (including phenoxy) is 1. The van der Waals surface area contributed by atoms with Gasteiger partial charge in [0.25, 0.3) is 0 Å². The first-order chi connectivity index (χ1) is 15.0. The van der Waals surface area contributed by atoms with E-state index >= 15 is 0 Å². The van der Waals surface area contributed by atoms with Crippen LogP contribution in [0.15, 0.2) is 60.8 Å². The predicted molar refractivity (Wildman–Crippen MR) is 113 cm³/mol. The van der Waals surface area contributed by atoms with Gasteiger partial charge in [-0.1, -0.05) is 48.5 Å². The molecule has 0 saturated carbocycles. The predicted octanol–water partition coefficient (Wildman–Crippen LogP) is 3.46. The van der Waals surface area contributed by atoms with E-state index < -0.39 is 24.1 Å². The normalized spacial score (nSPS) is 14.5. The molecule has 7 heteroatoms. The van der Waals surface area contributed by atoms with E-state index in [1.165, 1.54) is 6.07 Å². The van der Waals surface area contributed by atoms with Gasteiger partial charge in [0.1, 0.15) is 24.6 Å². The number of pyridine rings is 1. The molecule has 3 N–H and O–H groups in total. The van der Waals surface area contributed by atoms with Crippen molar-refractivity contribution < 1.29 is 24.1 Å². The maximum atomic E-state index is 13.2. The van der Waals surface area contributed by atoms with Gasteiger partial charge in [-0.05, 0) is 40.8 Å². The second-order valence-corrected chi connectivity index (χ2v) is 7.57. The summed E-state index contributed by atoms with van der Waals surface area (Å²) in [4.78, 5) is 16.0.